The van der Waals surface area contributed by atoms with E-state index < -0.39 is 0 Å². The molecule has 1 aliphatic heterocycles. The number of aromatic nitrogens is 2. The number of piperidine rings is 1. The Labute approximate surface area is 132 Å². The summed E-state index contributed by atoms with van der Waals surface area (Å²) in [4.78, 5) is 22.5. The highest BCUT2D eigenvalue weighted by Gasteiger charge is 2.27. The number of halogens is 1. The Kier molecular flexibility index (Phi) is 4.36. The molecular weight excluding hydrogens is 308 g/mol. The molecule has 0 unspecified atom stereocenters. The number of rotatable bonds is 3. The smallest absolute Gasteiger partial charge is 0.231 e. The second kappa shape index (κ2) is 6.41. The number of hydrogen-bond acceptors (Lipinski definition) is 5. The lowest BCUT2D eigenvalue weighted by Gasteiger charge is -2.33. The fourth-order valence-corrected chi connectivity index (χ4v) is 3.30. The first-order chi connectivity index (χ1) is 10.2. The van der Waals surface area contributed by atoms with Crippen molar-refractivity contribution in [3.8, 4) is 0 Å². The van der Waals surface area contributed by atoms with Crippen LogP contribution in [-0.4, -0.2) is 29.0 Å². The average Bonchev–Trinajstić information content (AvgIpc) is 3.01. The predicted octanol–water partition coefficient (Wildman–Crippen LogP) is 3.05. The zero-order valence-corrected chi connectivity index (χ0v) is 12.9. The zero-order valence-electron chi connectivity index (χ0n) is 11.3. The molecule has 0 spiro atoms. The molecule has 110 valence electrons. The summed E-state index contributed by atoms with van der Waals surface area (Å²) in [6.07, 6.45) is 6.89. The first-order valence-corrected chi connectivity index (χ1v) is 8.04. The van der Waals surface area contributed by atoms with Crippen LogP contribution < -0.4 is 10.2 Å². The van der Waals surface area contributed by atoms with Gasteiger partial charge in [0.25, 0.3) is 0 Å². The number of carbonyl (C=O) groups is 1. The summed E-state index contributed by atoms with van der Waals surface area (Å²) in [7, 11) is 0. The van der Waals surface area contributed by atoms with E-state index in [1.807, 2.05) is 11.4 Å². The van der Waals surface area contributed by atoms with Crippen LogP contribution >= 0.6 is 22.9 Å². The van der Waals surface area contributed by atoms with Gasteiger partial charge in [-0.15, -0.1) is 11.3 Å². The van der Waals surface area contributed by atoms with Crippen molar-refractivity contribution in [2.45, 2.75) is 12.8 Å². The molecule has 3 heterocycles. The molecule has 5 nitrogen and oxygen atoms in total. The van der Waals surface area contributed by atoms with Crippen molar-refractivity contribution >= 4 is 39.7 Å². The first kappa shape index (κ1) is 14.3. The van der Waals surface area contributed by atoms with Crippen molar-refractivity contribution in [2.75, 3.05) is 23.3 Å². The van der Waals surface area contributed by atoms with E-state index in [1.165, 1.54) is 11.3 Å². The third kappa shape index (κ3) is 3.33. The topological polar surface area (TPSA) is 58.1 Å². The van der Waals surface area contributed by atoms with Crippen LogP contribution in [0.25, 0.3) is 0 Å². The lowest BCUT2D eigenvalue weighted by Crippen LogP contribution is -2.40. The number of nitrogens with one attached hydrogen (secondary N) is 1. The Morgan fingerprint density at radius 2 is 2.38 bits per heavy atom. The fraction of sp³-hybridized carbons (Fsp3) is 0.357. The summed E-state index contributed by atoms with van der Waals surface area (Å²) in [6.45, 7) is 1.58. The van der Waals surface area contributed by atoms with E-state index in [0.29, 0.717) is 16.7 Å². The van der Waals surface area contributed by atoms with E-state index in [1.54, 1.807) is 18.6 Å². The maximum absolute atomic E-state index is 12.3. The van der Waals surface area contributed by atoms with Crippen LogP contribution in [-0.2, 0) is 4.79 Å². The van der Waals surface area contributed by atoms with E-state index in [2.05, 4.69) is 20.2 Å². The Bertz CT molecular complexity index is 619. The van der Waals surface area contributed by atoms with E-state index >= 15 is 0 Å². The van der Waals surface area contributed by atoms with Gasteiger partial charge >= 0.3 is 0 Å². The highest BCUT2D eigenvalue weighted by molar-refractivity contribution is 7.13. The van der Waals surface area contributed by atoms with Crippen molar-refractivity contribution in [3.05, 3.63) is 35.1 Å². The molecule has 2 aromatic rings. The second-order valence-corrected chi connectivity index (χ2v) is 6.24. The van der Waals surface area contributed by atoms with E-state index in [4.69, 9.17) is 11.6 Å². The molecule has 3 rings (SSSR count). The van der Waals surface area contributed by atoms with Crippen LogP contribution in [0.15, 0.2) is 30.0 Å². The second-order valence-electron chi connectivity index (χ2n) is 4.94. The van der Waals surface area contributed by atoms with E-state index in [0.717, 1.165) is 25.1 Å². The average molecular weight is 323 g/mol. The largest absolute Gasteiger partial charge is 0.369 e. The summed E-state index contributed by atoms with van der Waals surface area (Å²) >= 11 is 7.62. The molecular formula is C14H15ClN4OS. The van der Waals surface area contributed by atoms with Gasteiger partial charge in [0, 0.05) is 37.1 Å². The number of thiazole rings is 1. The zero-order chi connectivity index (χ0) is 14.7. The summed E-state index contributed by atoms with van der Waals surface area (Å²) in [5, 5.41) is 6.00. The first-order valence-electron chi connectivity index (χ1n) is 6.79. The Morgan fingerprint density at radius 3 is 3.14 bits per heavy atom. The third-order valence-corrected chi connectivity index (χ3v) is 4.53. The standard InChI is InChI=1S/C14H15ClN4OS/c15-11-8-16-4-3-12(11)19-6-1-2-10(9-19)13(20)18-14-17-5-7-21-14/h3-5,7-8,10H,1-2,6,9H2,(H,17,18,20)/t10-/m0/s1. The van der Waals surface area contributed by atoms with Gasteiger partial charge in [-0.05, 0) is 18.9 Å². The quantitative estimate of drug-likeness (QED) is 0.943. The summed E-state index contributed by atoms with van der Waals surface area (Å²) in [5.74, 6) is -0.0216. The van der Waals surface area contributed by atoms with Gasteiger partial charge in [0.15, 0.2) is 5.13 Å². The molecule has 1 amide bonds. The summed E-state index contributed by atoms with van der Waals surface area (Å²) in [6, 6.07) is 1.89. The van der Waals surface area contributed by atoms with Crippen molar-refractivity contribution in [1.82, 2.24) is 9.97 Å². The molecule has 0 bridgehead atoms. The maximum Gasteiger partial charge on any atom is 0.231 e. The number of carbonyl (C=O) groups excluding carboxylic acids is 1. The molecule has 7 heteroatoms. The van der Waals surface area contributed by atoms with Crippen LogP contribution in [0.2, 0.25) is 5.02 Å². The fourth-order valence-electron chi connectivity index (χ4n) is 2.53. The molecule has 21 heavy (non-hydrogen) atoms. The van der Waals surface area contributed by atoms with Crippen molar-refractivity contribution in [3.63, 3.8) is 0 Å². The van der Waals surface area contributed by atoms with Gasteiger partial charge in [0.2, 0.25) is 5.91 Å². The predicted molar refractivity (Wildman–Crippen MR) is 84.9 cm³/mol. The van der Waals surface area contributed by atoms with Gasteiger partial charge < -0.3 is 10.2 Å². The van der Waals surface area contributed by atoms with E-state index in [9.17, 15) is 4.79 Å². The van der Waals surface area contributed by atoms with Gasteiger partial charge in [0.05, 0.1) is 16.6 Å². The van der Waals surface area contributed by atoms with Crippen LogP contribution in [0.5, 0.6) is 0 Å². The Morgan fingerprint density at radius 1 is 1.48 bits per heavy atom. The minimum Gasteiger partial charge on any atom is -0.369 e. The SMILES string of the molecule is O=C(Nc1nccs1)[C@H]1CCCN(c2ccncc2Cl)C1. The van der Waals surface area contributed by atoms with Crippen molar-refractivity contribution in [1.29, 1.82) is 0 Å². The number of nitrogens with zero attached hydrogens (tertiary/aromatic N) is 3. The maximum atomic E-state index is 12.3. The Balaban J connectivity index is 1.68. The molecule has 0 aliphatic carbocycles. The third-order valence-electron chi connectivity index (χ3n) is 3.55. The van der Waals surface area contributed by atoms with Crippen LogP contribution in [0, 0.1) is 5.92 Å². The van der Waals surface area contributed by atoms with Gasteiger partial charge in [-0.1, -0.05) is 11.6 Å². The minimum absolute atomic E-state index is 0.0276. The molecule has 0 saturated carbocycles. The van der Waals surface area contributed by atoms with Crippen molar-refractivity contribution < 1.29 is 4.79 Å². The van der Waals surface area contributed by atoms with Gasteiger partial charge in [-0.3, -0.25) is 9.78 Å². The number of amides is 1. The lowest BCUT2D eigenvalue weighted by atomic mass is 9.97. The lowest BCUT2D eigenvalue weighted by molar-refractivity contribution is -0.120. The number of anilines is 2. The number of hydrogen-bond donors (Lipinski definition) is 1. The normalized spacial score (nSPS) is 18.5. The molecule has 1 atom stereocenters. The Hall–Kier alpha value is -1.66. The minimum atomic E-state index is -0.0492. The van der Waals surface area contributed by atoms with Crippen LogP contribution in [0.3, 0.4) is 0 Å². The summed E-state index contributed by atoms with van der Waals surface area (Å²) in [5.41, 5.74) is 0.943. The molecule has 1 saturated heterocycles. The van der Waals surface area contributed by atoms with Gasteiger partial charge in [0.1, 0.15) is 0 Å². The molecule has 2 aromatic heterocycles. The number of pyridine rings is 1. The highest BCUT2D eigenvalue weighted by atomic mass is 35.5. The van der Waals surface area contributed by atoms with Crippen LogP contribution in [0.1, 0.15) is 12.8 Å². The molecule has 1 fully saturated rings. The molecule has 0 radical (unpaired) electrons. The molecule has 1 N–H and O–H groups in total. The monoisotopic (exact) mass is 322 g/mol. The molecule has 0 aromatic carbocycles. The van der Waals surface area contributed by atoms with Crippen molar-refractivity contribution in [2.24, 2.45) is 5.92 Å². The molecule has 1 aliphatic rings. The van der Waals surface area contributed by atoms with Gasteiger partial charge in [-0.2, -0.15) is 0 Å². The van der Waals surface area contributed by atoms with Gasteiger partial charge in [-0.25, -0.2) is 4.98 Å². The summed E-state index contributed by atoms with van der Waals surface area (Å²) < 4.78 is 0. The van der Waals surface area contributed by atoms with Crippen LogP contribution in [0.4, 0.5) is 10.8 Å². The van der Waals surface area contributed by atoms with E-state index in [-0.39, 0.29) is 11.8 Å². The highest BCUT2D eigenvalue weighted by Crippen LogP contribution is 2.29.